The fraction of sp³-hybridized carbons (Fsp3) is 0.464. The second-order valence-electron chi connectivity index (χ2n) is 9.81. The Labute approximate surface area is 214 Å². The highest BCUT2D eigenvalue weighted by Crippen LogP contribution is 2.40. The van der Waals surface area contributed by atoms with Crippen LogP contribution < -0.4 is 4.74 Å². The predicted octanol–water partition coefficient (Wildman–Crippen LogP) is 7.27. The molecule has 0 aliphatic heterocycles. The van der Waals surface area contributed by atoms with Gasteiger partial charge in [0.1, 0.15) is 11.5 Å². The van der Waals surface area contributed by atoms with Crippen LogP contribution in [0.3, 0.4) is 0 Å². The molecule has 0 radical (unpaired) electrons. The average Bonchev–Trinajstić information content (AvgIpc) is 2.78. The van der Waals surface area contributed by atoms with Gasteiger partial charge in [0.2, 0.25) is 0 Å². The summed E-state index contributed by atoms with van der Waals surface area (Å²) < 4.78 is 11.2. The number of rotatable bonds is 6. The Morgan fingerprint density at radius 1 is 0.971 bits per heavy atom. The van der Waals surface area contributed by atoms with Crippen molar-refractivity contribution in [3.63, 3.8) is 0 Å². The molecule has 0 fully saturated rings. The Bertz CT molecular complexity index is 1030. The van der Waals surface area contributed by atoms with Crippen LogP contribution in [0.25, 0.3) is 0 Å². The van der Waals surface area contributed by atoms with Gasteiger partial charge in [-0.25, -0.2) is 9.79 Å². The van der Waals surface area contributed by atoms with Gasteiger partial charge in [0, 0.05) is 5.54 Å². The molecule has 2 rings (SSSR count). The minimum absolute atomic E-state index is 0.131. The topological polar surface area (TPSA) is 68.2 Å². The van der Waals surface area contributed by atoms with Crippen molar-refractivity contribution in [2.45, 2.75) is 72.8 Å². The summed E-state index contributed by atoms with van der Waals surface area (Å²) in [4.78, 5) is 31.9. The molecule has 190 valence electrons. The maximum absolute atomic E-state index is 13.1. The maximum Gasteiger partial charge on any atom is 0.397 e. The number of thioether (sulfide) groups is 1. The zero-order valence-corrected chi connectivity index (χ0v) is 23.2. The van der Waals surface area contributed by atoms with Crippen molar-refractivity contribution in [3.8, 4) is 11.5 Å². The van der Waals surface area contributed by atoms with Crippen LogP contribution in [0.5, 0.6) is 11.5 Å². The average molecular weight is 499 g/mol. The maximum atomic E-state index is 13.1. The van der Waals surface area contributed by atoms with Gasteiger partial charge in [-0.15, -0.1) is 0 Å². The number of hydrogen-bond acceptors (Lipinski definition) is 6. The first kappa shape index (κ1) is 28.4. The van der Waals surface area contributed by atoms with E-state index >= 15 is 0 Å². The molecule has 2 aromatic rings. The van der Waals surface area contributed by atoms with E-state index in [1.54, 1.807) is 6.92 Å². The van der Waals surface area contributed by atoms with Gasteiger partial charge in [-0.3, -0.25) is 9.69 Å². The van der Waals surface area contributed by atoms with E-state index in [9.17, 15) is 9.59 Å². The number of amides is 1. The van der Waals surface area contributed by atoms with Gasteiger partial charge < -0.3 is 9.47 Å². The van der Waals surface area contributed by atoms with Crippen molar-refractivity contribution in [2.24, 2.45) is 4.99 Å². The van der Waals surface area contributed by atoms with Crippen LogP contribution in [0.15, 0.2) is 47.5 Å². The number of aliphatic imine (C=N–C) groups is 1. The zero-order valence-electron chi connectivity index (χ0n) is 22.3. The number of ether oxygens (including phenoxy) is 2. The molecule has 7 heteroatoms. The monoisotopic (exact) mass is 498 g/mol. The lowest BCUT2D eigenvalue weighted by atomic mass is 9.92. The van der Waals surface area contributed by atoms with E-state index in [1.807, 2.05) is 69.5 Å². The van der Waals surface area contributed by atoms with Crippen molar-refractivity contribution >= 4 is 34.5 Å². The second kappa shape index (κ2) is 12.2. The molecule has 0 aliphatic carbocycles. The summed E-state index contributed by atoms with van der Waals surface area (Å²) in [5, 5.41) is 0.441. The number of esters is 1. The Morgan fingerprint density at radius 3 is 1.94 bits per heavy atom. The van der Waals surface area contributed by atoms with Crippen molar-refractivity contribution in [3.05, 3.63) is 53.6 Å². The molecule has 0 atom stereocenters. The predicted molar refractivity (Wildman–Crippen MR) is 145 cm³/mol. The highest BCUT2D eigenvalue weighted by atomic mass is 32.2. The smallest absolute Gasteiger partial charge is 0.397 e. The van der Waals surface area contributed by atoms with Gasteiger partial charge in [-0.1, -0.05) is 57.7 Å². The molecule has 0 aromatic heterocycles. The molecule has 0 N–H and O–H groups in total. The van der Waals surface area contributed by atoms with E-state index in [-0.39, 0.29) is 18.4 Å². The Kier molecular flexibility index (Phi) is 9.95. The Hall–Kier alpha value is -2.80. The van der Waals surface area contributed by atoms with Crippen LogP contribution in [0.2, 0.25) is 0 Å². The SMILES string of the molecule is CCOC(=O)C(=O)N(C(=Nc1c(C(C)C)cc(Oc2ccccc2)cc1C(C)C)SC)C(C)(C)C. The van der Waals surface area contributed by atoms with E-state index in [0.29, 0.717) is 5.17 Å². The van der Waals surface area contributed by atoms with Crippen LogP contribution in [-0.4, -0.2) is 40.3 Å². The minimum Gasteiger partial charge on any atom is -0.459 e. The fourth-order valence-electron chi connectivity index (χ4n) is 3.59. The number of carbonyl (C=O) groups is 2. The first-order valence-corrected chi connectivity index (χ1v) is 13.2. The molecular formula is C28H38N2O4S. The molecule has 6 nitrogen and oxygen atoms in total. The van der Waals surface area contributed by atoms with Gasteiger partial charge in [0.15, 0.2) is 5.17 Å². The summed E-state index contributed by atoms with van der Waals surface area (Å²) in [6.07, 6.45) is 1.85. The molecule has 0 saturated heterocycles. The molecule has 0 heterocycles. The van der Waals surface area contributed by atoms with Crippen LogP contribution in [0.4, 0.5) is 5.69 Å². The van der Waals surface area contributed by atoms with Gasteiger partial charge >= 0.3 is 11.9 Å². The van der Waals surface area contributed by atoms with Crippen LogP contribution in [0, 0.1) is 0 Å². The molecule has 0 bridgehead atoms. The summed E-state index contributed by atoms with van der Waals surface area (Å²) in [5.41, 5.74) is 2.13. The van der Waals surface area contributed by atoms with Gasteiger partial charge in [0.05, 0.1) is 12.3 Å². The Balaban J connectivity index is 2.70. The van der Waals surface area contributed by atoms with Crippen LogP contribution in [-0.2, 0) is 14.3 Å². The van der Waals surface area contributed by atoms with E-state index in [4.69, 9.17) is 14.5 Å². The Morgan fingerprint density at radius 2 is 1.51 bits per heavy atom. The minimum atomic E-state index is -0.885. The van der Waals surface area contributed by atoms with E-state index in [0.717, 1.165) is 28.3 Å². The molecule has 0 spiro atoms. The van der Waals surface area contributed by atoms with Crippen LogP contribution >= 0.6 is 11.8 Å². The first-order valence-electron chi connectivity index (χ1n) is 11.9. The lowest BCUT2D eigenvalue weighted by Crippen LogP contribution is -2.51. The van der Waals surface area contributed by atoms with Gasteiger partial charge in [-0.05, 0) is 81.2 Å². The first-order chi connectivity index (χ1) is 16.4. The largest absolute Gasteiger partial charge is 0.459 e. The number of benzene rings is 2. The summed E-state index contributed by atoms with van der Waals surface area (Å²) in [5.74, 6) is 0.188. The fourth-order valence-corrected chi connectivity index (χ4v) is 4.31. The van der Waals surface area contributed by atoms with E-state index in [2.05, 4.69) is 27.7 Å². The summed E-state index contributed by atoms with van der Waals surface area (Å²) >= 11 is 1.33. The molecule has 0 unspecified atom stereocenters. The standard InChI is InChI=1S/C28H38N2O4S/c1-10-33-26(32)25(31)30(28(6,7)8)27(35-9)29-24-22(18(2)3)16-21(17-23(24)19(4)5)34-20-14-12-11-13-15-20/h11-19H,10H2,1-9H3. The van der Waals surface area contributed by atoms with Gasteiger partial charge in [-0.2, -0.15) is 0 Å². The number of amidine groups is 1. The highest BCUT2D eigenvalue weighted by molar-refractivity contribution is 8.13. The second-order valence-corrected chi connectivity index (χ2v) is 10.6. The molecule has 0 saturated carbocycles. The molecular weight excluding hydrogens is 460 g/mol. The summed E-state index contributed by atoms with van der Waals surface area (Å²) in [7, 11) is 0. The van der Waals surface area contributed by atoms with E-state index < -0.39 is 17.4 Å². The zero-order chi connectivity index (χ0) is 26.3. The quantitative estimate of drug-likeness (QED) is 0.181. The third-order valence-electron chi connectivity index (χ3n) is 5.27. The number of para-hydroxylation sites is 1. The van der Waals surface area contributed by atoms with Crippen molar-refractivity contribution in [1.29, 1.82) is 0 Å². The van der Waals surface area contributed by atoms with Gasteiger partial charge in [0.25, 0.3) is 0 Å². The van der Waals surface area contributed by atoms with Crippen LogP contribution in [0.1, 0.15) is 78.4 Å². The summed E-state index contributed by atoms with van der Waals surface area (Å²) in [6.45, 7) is 15.9. The van der Waals surface area contributed by atoms with Crippen molar-refractivity contribution < 1.29 is 19.1 Å². The normalized spacial score (nSPS) is 12.1. The molecule has 1 amide bonds. The molecule has 2 aromatic carbocycles. The van der Waals surface area contributed by atoms with Crippen molar-refractivity contribution in [2.75, 3.05) is 12.9 Å². The third kappa shape index (κ3) is 7.34. The molecule has 0 aliphatic rings. The molecule has 35 heavy (non-hydrogen) atoms. The number of hydrogen-bond donors (Lipinski definition) is 0. The highest BCUT2D eigenvalue weighted by Gasteiger charge is 2.36. The number of carbonyl (C=O) groups excluding carboxylic acids is 2. The summed E-state index contributed by atoms with van der Waals surface area (Å²) in [6, 6.07) is 13.7. The van der Waals surface area contributed by atoms with E-state index in [1.165, 1.54) is 16.7 Å². The number of nitrogens with zero attached hydrogens (tertiary/aromatic N) is 2. The lowest BCUT2D eigenvalue weighted by molar-refractivity contribution is -0.159. The van der Waals surface area contributed by atoms with Crippen molar-refractivity contribution in [1.82, 2.24) is 4.90 Å². The third-order valence-corrected chi connectivity index (χ3v) is 5.91. The lowest BCUT2D eigenvalue weighted by Gasteiger charge is -2.35.